The van der Waals surface area contributed by atoms with Gasteiger partial charge in [-0.3, -0.25) is 9.36 Å². The Morgan fingerprint density at radius 3 is 2.37 bits per heavy atom. The SMILES string of the molecule is COC(=O)n1cc(C(CCCC(F)(F)C(F)(F)F)C(=O)O)c2ccccc21. The van der Waals surface area contributed by atoms with Gasteiger partial charge in [0.25, 0.3) is 0 Å². The van der Waals surface area contributed by atoms with Crippen LogP contribution in [0.4, 0.5) is 26.7 Å². The molecule has 1 heterocycles. The Hall–Kier alpha value is -2.65. The maximum absolute atomic E-state index is 13.1. The minimum Gasteiger partial charge on any atom is -0.481 e. The number of benzene rings is 1. The second-order valence-electron chi connectivity index (χ2n) is 5.93. The summed E-state index contributed by atoms with van der Waals surface area (Å²) in [4.78, 5) is 23.5. The molecule has 2 rings (SSSR count). The quantitative estimate of drug-likeness (QED) is 0.717. The molecule has 0 saturated carbocycles. The monoisotopic (exact) mass is 393 g/mol. The molecule has 10 heteroatoms. The highest BCUT2D eigenvalue weighted by Gasteiger charge is 2.56. The second-order valence-corrected chi connectivity index (χ2v) is 5.93. The third-order valence-electron chi connectivity index (χ3n) is 4.19. The summed E-state index contributed by atoms with van der Waals surface area (Å²) in [5.74, 6) is -7.64. The zero-order valence-electron chi connectivity index (χ0n) is 14.1. The number of carboxylic acid groups (broad SMARTS) is 1. The van der Waals surface area contributed by atoms with E-state index >= 15 is 0 Å². The van der Waals surface area contributed by atoms with E-state index in [1.807, 2.05) is 0 Å². The van der Waals surface area contributed by atoms with Crippen LogP contribution in [0.5, 0.6) is 0 Å². The molecule has 1 aromatic carbocycles. The van der Waals surface area contributed by atoms with Gasteiger partial charge in [-0.25, -0.2) is 4.79 Å². The second kappa shape index (κ2) is 7.53. The molecule has 1 unspecified atom stereocenters. The van der Waals surface area contributed by atoms with Crippen LogP contribution >= 0.6 is 0 Å². The minimum atomic E-state index is -5.69. The highest BCUT2D eigenvalue weighted by atomic mass is 19.4. The van der Waals surface area contributed by atoms with E-state index in [-0.39, 0.29) is 5.56 Å². The third kappa shape index (κ3) is 4.20. The Bertz CT molecular complexity index is 843. The van der Waals surface area contributed by atoms with Crippen LogP contribution in [0.3, 0.4) is 0 Å². The van der Waals surface area contributed by atoms with Crippen molar-refractivity contribution in [1.29, 1.82) is 0 Å². The van der Waals surface area contributed by atoms with Crippen LogP contribution in [0, 0.1) is 0 Å². The average Bonchev–Trinajstić information content (AvgIpc) is 2.96. The average molecular weight is 393 g/mol. The molecule has 5 nitrogen and oxygen atoms in total. The number of rotatable bonds is 6. The summed E-state index contributed by atoms with van der Waals surface area (Å²) in [6.07, 6.45) is -7.90. The molecule has 1 N–H and O–H groups in total. The van der Waals surface area contributed by atoms with Gasteiger partial charge in [0.05, 0.1) is 18.5 Å². The summed E-state index contributed by atoms with van der Waals surface area (Å²) in [5.41, 5.74) is 0.477. The van der Waals surface area contributed by atoms with Gasteiger partial charge in [0.1, 0.15) is 0 Å². The fraction of sp³-hybridized carbons (Fsp3) is 0.412. The standard InChI is InChI=1S/C17H16F5NO4/c1-27-15(26)23-9-12(10-5-2-3-7-13(10)23)11(14(24)25)6-4-8-16(18,19)17(20,21)22/h2-3,5,7,9,11H,4,6,8H2,1H3,(H,24,25). The predicted octanol–water partition coefficient (Wildman–Crippen LogP) is 4.79. The smallest absolute Gasteiger partial charge is 0.453 e. The normalized spacial score (nSPS) is 13.6. The Labute approximate surface area is 150 Å². The number of halogens is 5. The van der Waals surface area contributed by atoms with Crippen LogP contribution in [-0.4, -0.2) is 40.9 Å². The lowest BCUT2D eigenvalue weighted by Gasteiger charge is -2.20. The van der Waals surface area contributed by atoms with Crippen molar-refractivity contribution >= 4 is 23.0 Å². The van der Waals surface area contributed by atoms with Gasteiger partial charge < -0.3 is 9.84 Å². The number of alkyl halides is 5. The molecule has 0 aliphatic carbocycles. The Kier molecular flexibility index (Phi) is 5.76. The molecule has 1 aromatic heterocycles. The first-order valence-electron chi connectivity index (χ1n) is 7.85. The number of nitrogens with zero attached hydrogens (tertiary/aromatic N) is 1. The largest absolute Gasteiger partial charge is 0.481 e. The van der Waals surface area contributed by atoms with Gasteiger partial charge >= 0.3 is 24.2 Å². The molecule has 0 bridgehead atoms. The maximum Gasteiger partial charge on any atom is 0.453 e. The van der Waals surface area contributed by atoms with E-state index in [0.717, 1.165) is 11.7 Å². The molecule has 0 saturated heterocycles. The van der Waals surface area contributed by atoms with Crippen molar-refractivity contribution in [3.8, 4) is 0 Å². The lowest BCUT2D eigenvalue weighted by molar-refractivity contribution is -0.284. The first-order chi connectivity index (χ1) is 12.5. The highest BCUT2D eigenvalue weighted by Crippen LogP contribution is 2.40. The number of ether oxygens (including phenoxy) is 1. The van der Waals surface area contributed by atoms with Gasteiger partial charge in [-0.05, 0) is 24.5 Å². The number of carbonyl (C=O) groups excluding carboxylic acids is 1. The first kappa shape index (κ1) is 20.7. The van der Waals surface area contributed by atoms with Crippen molar-refractivity contribution in [3.05, 3.63) is 36.0 Å². The van der Waals surface area contributed by atoms with E-state index in [2.05, 4.69) is 4.74 Å². The van der Waals surface area contributed by atoms with Crippen molar-refractivity contribution in [2.75, 3.05) is 7.11 Å². The molecule has 148 valence electrons. The molecule has 0 aliphatic rings. The summed E-state index contributed by atoms with van der Waals surface area (Å²) >= 11 is 0. The van der Waals surface area contributed by atoms with E-state index in [0.29, 0.717) is 10.9 Å². The number of aromatic nitrogens is 1. The van der Waals surface area contributed by atoms with Crippen molar-refractivity contribution in [3.63, 3.8) is 0 Å². The van der Waals surface area contributed by atoms with Crippen molar-refractivity contribution in [1.82, 2.24) is 4.57 Å². The Morgan fingerprint density at radius 2 is 1.81 bits per heavy atom. The van der Waals surface area contributed by atoms with Gasteiger partial charge in [-0.1, -0.05) is 18.2 Å². The zero-order valence-corrected chi connectivity index (χ0v) is 14.1. The summed E-state index contributed by atoms with van der Waals surface area (Å²) < 4.78 is 68.6. The Balaban J connectivity index is 2.32. The maximum atomic E-state index is 13.1. The summed E-state index contributed by atoms with van der Waals surface area (Å²) in [7, 11) is 1.13. The molecular formula is C17H16F5NO4. The third-order valence-corrected chi connectivity index (χ3v) is 4.19. The molecule has 0 aliphatic heterocycles. The van der Waals surface area contributed by atoms with E-state index < -0.39 is 49.3 Å². The van der Waals surface area contributed by atoms with E-state index in [4.69, 9.17) is 0 Å². The van der Waals surface area contributed by atoms with E-state index in [9.17, 15) is 36.6 Å². The molecule has 0 amide bonds. The van der Waals surface area contributed by atoms with Crippen LogP contribution in [0.1, 0.15) is 30.7 Å². The number of fused-ring (bicyclic) bond motifs is 1. The summed E-state index contributed by atoms with van der Waals surface area (Å²) in [6, 6.07) is 6.26. The van der Waals surface area contributed by atoms with Gasteiger partial charge in [0, 0.05) is 18.0 Å². The van der Waals surface area contributed by atoms with Crippen LogP contribution in [0.2, 0.25) is 0 Å². The van der Waals surface area contributed by atoms with Crippen LogP contribution in [0.15, 0.2) is 30.5 Å². The summed E-state index contributed by atoms with van der Waals surface area (Å²) in [6.45, 7) is 0. The van der Waals surface area contributed by atoms with Crippen molar-refractivity contribution in [2.45, 2.75) is 37.3 Å². The van der Waals surface area contributed by atoms with Crippen molar-refractivity contribution < 1.29 is 41.4 Å². The predicted molar refractivity (Wildman–Crippen MR) is 85.0 cm³/mol. The van der Waals surface area contributed by atoms with E-state index in [1.165, 1.54) is 18.3 Å². The van der Waals surface area contributed by atoms with Gasteiger partial charge in [0.15, 0.2) is 0 Å². The molecule has 2 aromatic rings. The molecule has 0 fully saturated rings. The molecular weight excluding hydrogens is 377 g/mol. The molecule has 1 atom stereocenters. The van der Waals surface area contributed by atoms with E-state index in [1.54, 1.807) is 12.1 Å². The van der Waals surface area contributed by atoms with Gasteiger partial charge in [-0.2, -0.15) is 22.0 Å². The number of hydrogen-bond acceptors (Lipinski definition) is 3. The summed E-state index contributed by atoms with van der Waals surface area (Å²) in [5, 5.41) is 9.82. The van der Waals surface area contributed by atoms with Crippen LogP contribution in [0.25, 0.3) is 10.9 Å². The number of carbonyl (C=O) groups is 2. The fourth-order valence-corrected chi connectivity index (χ4v) is 2.82. The Morgan fingerprint density at radius 1 is 1.19 bits per heavy atom. The molecule has 27 heavy (non-hydrogen) atoms. The molecule has 0 spiro atoms. The number of carboxylic acids is 1. The fourth-order valence-electron chi connectivity index (χ4n) is 2.82. The zero-order chi connectivity index (χ0) is 20.4. The number of hydrogen-bond donors (Lipinski definition) is 1. The number of methoxy groups -OCH3 is 1. The minimum absolute atomic E-state index is 0.138. The molecule has 0 radical (unpaired) electrons. The number of aliphatic carboxylic acids is 1. The topological polar surface area (TPSA) is 68.5 Å². The lowest BCUT2D eigenvalue weighted by Crippen LogP contribution is -2.36. The lowest BCUT2D eigenvalue weighted by atomic mass is 9.92. The van der Waals surface area contributed by atoms with Gasteiger partial charge in [-0.15, -0.1) is 0 Å². The highest BCUT2D eigenvalue weighted by molar-refractivity contribution is 5.95. The van der Waals surface area contributed by atoms with Crippen molar-refractivity contribution in [2.24, 2.45) is 0 Å². The number of para-hydroxylation sites is 1. The van der Waals surface area contributed by atoms with Crippen LogP contribution in [-0.2, 0) is 9.53 Å². The first-order valence-corrected chi connectivity index (χ1v) is 7.85. The van der Waals surface area contributed by atoms with Crippen LogP contribution < -0.4 is 0 Å². The van der Waals surface area contributed by atoms with Gasteiger partial charge in [0.2, 0.25) is 0 Å².